The number of halogens is 1. The van der Waals surface area contributed by atoms with E-state index in [9.17, 15) is 10.1 Å². The predicted molar refractivity (Wildman–Crippen MR) is 73.1 cm³/mol. The quantitative estimate of drug-likeness (QED) is 0.905. The van der Waals surface area contributed by atoms with Gasteiger partial charge in [-0.2, -0.15) is 5.26 Å². The molecular weight excluding hydrogens is 268 g/mol. The maximum absolute atomic E-state index is 11.7. The number of nitrogens with one attached hydrogen (secondary N) is 1. The Bertz CT molecular complexity index is 545. The summed E-state index contributed by atoms with van der Waals surface area (Å²) < 4.78 is 0. The van der Waals surface area contributed by atoms with Crippen molar-refractivity contribution in [3.8, 4) is 6.07 Å². The molecule has 1 heterocycles. The first-order chi connectivity index (χ1) is 8.65. The molecule has 0 radical (unpaired) electrons. The van der Waals surface area contributed by atoms with Crippen LogP contribution in [0.3, 0.4) is 0 Å². The van der Waals surface area contributed by atoms with Gasteiger partial charge in [0.1, 0.15) is 0 Å². The fourth-order valence-corrected chi connectivity index (χ4v) is 2.71. The van der Waals surface area contributed by atoms with Gasteiger partial charge in [0, 0.05) is 17.4 Å². The smallest absolute Gasteiger partial charge is 0.225 e. The van der Waals surface area contributed by atoms with E-state index < -0.39 is 0 Å². The monoisotopic (exact) mass is 278 g/mol. The highest BCUT2D eigenvalue weighted by atomic mass is 35.5. The lowest BCUT2D eigenvalue weighted by Crippen LogP contribution is -2.30. The standard InChI is InChI=1S/C13H11ClN2OS/c1-18-13-11(7-15)10(6-12(17)16-13)8-2-4-9(14)5-3-8/h2-5,10H,6H2,1H3,(H,16,17)/t10-/m0/s1. The molecule has 0 aromatic heterocycles. The molecule has 1 atom stereocenters. The second-order valence-corrected chi connectivity index (χ2v) is 5.17. The summed E-state index contributed by atoms with van der Waals surface area (Å²) in [5.41, 5.74) is 1.56. The van der Waals surface area contributed by atoms with Gasteiger partial charge in [-0.05, 0) is 24.0 Å². The molecule has 1 aromatic rings. The van der Waals surface area contributed by atoms with Crippen LogP contribution in [0.25, 0.3) is 0 Å². The zero-order chi connectivity index (χ0) is 13.1. The zero-order valence-corrected chi connectivity index (χ0v) is 11.3. The molecule has 0 unspecified atom stereocenters. The van der Waals surface area contributed by atoms with Crippen LogP contribution in [0.2, 0.25) is 5.02 Å². The van der Waals surface area contributed by atoms with Crippen LogP contribution < -0.4 is 5.32 Å². The molecular formula is C13H11ClN2OS. The van der Waals surface area contributed by atoms with Gasteiger partial charge < -0.3 is 5.32 Å². The average Bonchev–Trinajstić information content (AvgIpc) is 2.38. The Morgan fingerprint density at radius 2 is 2.11 bits per heavy atom. The van der Waals surface area contributed by atoms with Gasteiger partial charge in [-0.25, -0.2) is 0 Å². The SMILES string of the molecule is CSC1=C(C#N)[C@H](c2ccc(Cl)cc2)CC(=O)N1. The maximum atomic E-state index is 11.7. The van der Waals surface area contributed by atoms with E-state index in [0.29, 0.717) is 22.0 Å². The Morgan fingerprint density at radius 3 is 2.67 bits per heavy atom. The molecule has 18 heavy (non-hydrogen) atoms. The zero-order valence-electron chi connectivity index (χ0n) is 9.74. The average molecular weight is 279 g/mol. The Labute approximate surface area is 115 Å². The Morgan fingerprint density at radius 1 is 1.44 bits per heavy atom. The number of nitriles is 1. The predicted octanol–water partition coefficient (Wildman–Crippen LogP) is 3.04. The summed E-state index contributed by atoms with van der Waals surface area (Å²) in [6.45, 7) is 0. The van der Waals surface area contributed by atoms with Crippen molar-refractivity contribution in [2.45, 2.75) is 12.3 Å². The molecule has 1 aliphatic rings. The number of amides is 1. The number of thioether (sulfide) groups is 1. The van der Waals surface area contributed by atoms with E-state index in [-0.39, 0.29) is 11.8 Å². The van der Waals surface area contributed by atoms with Crippen molar-refractivity contribution in [3.63, 3.8) is 0 Å². The van der Waals surface area contributed by atoms with E-state index in [1.54, 1.807) is 12.1 Å². The first kappa shape index (κ1) is 13.0. The molecule has 5 heteroatoms. The number of allylic oxidation sites excluding steroid dienone is 1. The maximum Gasteiger partial charge on any atom is 0.225 e. The van der Waals surface area contributed by atoms with Crippen LogP contribution in [-0.2, 0) is 4.79 Å². The van der Waals surface area contributed by atoms with Crippen LogP contribution in [0.5, 0.6) is 0 Å². The van der Waals surface area contributed by atoms with Crippen LogP contribution in [0.4, 0.5) is 0 Å². The third-order valence-electron chi connectivity index (χ3n) is 2.83. The molecule has 0 spiro atoms. The van der Waals surface area contributed by atoms with Crippen LogP contribution in [0.1, 0.15) is 17.9 Å². The second kappa shape index (κ2) is 5.47. The molecule has 0 bridgehead atoms. The van der Waals surface area contributed by atoms with Crippen molar-refractivity contribution in [2.75, 3.05) is 6.26 Å². The fraction of sp³-hybridized carbons (Fsp3) is 0.231. The van der Waals surface area contributed by atoms with Crippen LogP contribution in [-0.4, -0.2) is 12.2 Å². The minimum atomic E-state index is -0.177. The number of hydrogen-bond acceptors (Lipinski definition) is 3. The lowest BCUT2D eigenvalue weighted by atomic mass is 9.87. The highest BCUT2D eigenvalue weighted by molar-refractivity contribution is 8.02. The first-order valence-electron chi connectivity index (χ1n) is 5.39. The number of benzene rings is 1. The summed E-state index contributed by atoms with van der Waals surface area (Å²) >= 11 is 7.23. The van der Waals surface area contributed by atoms with Crippen LogP contribution in [0, 0.1) is 11.3 Å². The molecule has 1 amide bonds. The Kier molecular flexibility index (Phi) is 3.95. The van der Waals surface area contributed by atoms with Crippen LogP contribution >= 0.6 is 23.4 Å². The van der Waals surface area contributed by atoms with E-state index >= 15 is 0 Å². The number of nitrogens with zero attached hydrogens (tertiary/aromatic N) is 1. The van der Waals surface area contributed by atoms with Crippen molar-refractivity contribution < 1.29 is 4.79 Å². The van der Waals surface area contributed by atoms with Crippen LogP contribution in [0.15, 0.2) is 34.9 Å². The molecule has 92 valence electrons. The van der Waals surface area contributed by atoms with E-state index in [1.807, 2.05) is 18.4 Å². The van der Waals surface area contributed by atoms with Crippen molar-refractivity contribution in [2.24, 2.45) is 0 Å². The van der Waals surface area contributed by atoms with Crippen molar-refractivity contribution >= 4 is 29.3 Å². The third-order valence-corrected chi connectivity index (χ3v) is 3.81. The third kappa shape index (κ3) is 2.53. The molecule has 0 fully saturated rings. The Balaban J connectivity index is 2.45. The second-order valence-electron chi connectivity index (χ2n) is 3.92. The van der Waals surface area contributed by atoms with Gasteiger partial charge in [0.05, 0.1) is 16.7 Å². The molecule has 1 aliphatic heterocycles. The van der Waals surface area contributed by atoms with Gasteiger partial charge in [-0.3, -0.25) is 4.79 Å². The van der Waals surface area contributed by atoms with Crippen molar-refractivity contribution in [3.05, 3.63) is 45.5 Å². The fourth-order valence-electron chi connectivity index (χ4n) is 1.96. The summed E-state index contributed by atoms with van der Waals surface area (Å²) in [7, 11) is 0. The molecule has 0 saturated heterocycles. The minimum absolute atomic E-state index is 0.0571. The summed E-state index contributed by atoms with van der Waals surface area (Å²) in [6.07, 6.45) is 2.14. The molecule has 1 aromatic carbocycles. The van der Waals surface area contributed by atoms with Gasteiger partial charge in [-0.15, -0.1) is 11.8 Å². The number of rotatable bonds is 2. The summed E-state index contributed by atoms with van der Waals surface area (Å²) in [5, 5.41) is 13.3. The number of carbonyl (C=O) groups excluding carboxylic acids is 1. The van der Waals surface area contributed by atoms with Gasteiger partial charge in [-0.1, -0.05) is 23.7 Å². The first-order valence-corrected chi connectivity index (χ1v) is 6.99. The van der Waals surface area contributed by atoms with Gasteiger partial charge in [0.2, 0.25) is 5.91 Å². The molecule has 3 nitrogen and oxygen atoms in total. The lowest BCUT2D eigenvalue weighted by molar-refractivity contribution is -0.120. The summed E-state index contributed by atoms with van der Waals surface area (Å²) in [6, 6.07) is 9.47. The topological polar surface area (TPSA) is 52.9 Å². The van der Waals surface area contributed by atoms with E-state index in [1.165, 1.54) is 11.8 Å². The molecule has 2 rings (SSSR count). The highest BCUT2D eigenvalue weighted by Gasteiger charge is 2.28. The van der Waals surface area contributed by atoms with Crippen molar-refractivity contribution in [1.29, 1.82) is 5.26 Å². The van der Waals surface area contributed by atoms with Gasteiger partial charge in [0.25, 0.3) is 0 Å². The molecule has 1 N–H and O–H groups in total. The lowest BCUT2D eigenvalue weighted by Gasteiger charge is -2.24. The minimum Gasteiger partial charge on any atom is -0.320 e. The number of carbonyl (C=O) groups is 1. The van der Waals surface area contributed by atoms with Crippen molar-refractivity contribution in [1.82, 2.24) is 5.32 Å². The summed E-state index contributed by atoms with van der Waals surface area (Å²) in [4.78, 5) is 11.7. The highest BCUT2D eigenvalue weighted by Crippen LogP contribution is 2.35. The van der Waals surface area contributed by atoms with Gasteiger partial charge >= 0.3 is 0 Å². The van der Waals surface area contributed by atoms with E-state index in [4.69, 9.17) is 11.6 Å². The molecule has 0 saturated carbocycles. The normalized spacial score (nSPS) is 19.4. The van der Waals surface area contributed by atoms with E-state index in [0.717, 1.165) is 5.56 Å². The largest absolute Gasteiger partial charge is 0.320 e. The number of hydrogen-bond donors (Lipinski definition) is 1. The molecule has 0 aliphatic carbocycles. The van der Waals surface area contributed by atoms with E-state index in [2.05, 4.69) is 11.4 Å². The van der Waals surface area contributed by atoms with Gasteiger partial charge in [0.15, 0.2) is 0 Å². The Hall–Kier alpha value is -1.44. The summed E-state index contributed by atoms with van der Waals surface area (Å²) in [5.74, 6) is -0.234.